The van der Waals surface area contributed by atoms with Crippen LogP contribution < -0.4 is 16.2 Å². The van der Waals surface area contributed by atoms with Crippen LogP contribution in [0.1, 0.15) is 5.56 Å². The molecule has 0 unspecified atom stereocenters. The fourth-order valence-electron chi connectivity index (χ4n) is 0.917. The number of guanidine groups is 1. The maximum Gasteiger partial charge on any atom is 0.211 e. The number of methoxy groups -OCH3 is 1. The predicted octanol–water partition coefficient (Wildman–Crippen LogP) is 0.430. The molecule has 0 saturated heterocycles. The number of hydrogen-bond donors (Lipinski definition) is 3. The molecule has 1 aromatic rings. The highest BCUT2D eigenvalue weighted by Crippen LogP contribution is 2.21. The van der Waals surface area contributed by atoms with Crippen molar-refractivity contribution in [2.75, 3.05) is 7.11 Å². The lowest BCUT2D eigenvalue weighted by atomic mass is 10.2. The Labute approximate surface area is 99.0 Å². The van der Waals surface area contributed by atoms with E-state index in [1.807, 2.05) is 0 Å². The van der Waals surface area contributed by atoms with Gasteiger partial charge in [0.15, 0.2) is 0 Å². The van der Waals surface area contributed by atoms with Gasteiger partial charge in [-0.1, -0.05) is 0 Å². The molecule has 6 nitrogen and oxygen atoms in total. The van der Waals surface area contributed by atoms with Crippen LogP contribution in [0.15, 0.2) is 28.4 Å². The van der Waals surface area contributed by atoms with E-state index in [2.05, 4.69) is 10.2 Å². The monoisotopic (exact) mass is 244 g/mol. The largest absolute Gasteiger partial charge is 0.507 e. The highest BCUT2D eigenvalue weighted by molar-refractivity contribution is 5.85. The first-order valence-corrected chi connectivity index (χ1v) is 4.12. The minimum Gasteiger partial charge on any atom is -0.507 e. The molecule has 1 aromatic carbocycles. The van der Waals surface area contributed by atoms with E-state index in [9.17, 15) is 5.11 Å². The van der Waals surface area contributed by atoms with E-state index in [0.717, 1.165) is 0 Å². The Morgan fingerprint density at radius 3 is 2.62 bits per heavy atom. The Kier molecular flexibility index (Phi) is 5.72. The van der Waals surface area contributed by atoms with Gasteiger partial charge in [-0.05, 0) is 12.1 Å². The number of benzene rings is 1. The van der Waals surface area contributed by atoms with E-state index in [1.54, 1.807) is 12.1 Å². The van der Waals surface area contributed by atoms with E-state index < -0.39 is 0 Å². The molecule has 88 valence electrons. The quantitative estimate of drug-likeness (QED) is 0.407. The van der Waals surface area contributed by atoms with E-state index in [-0.39, 0.29) is 24.1 Å². The minimum atomic E-state index is -0.140. The van der Waals surface area contributed by atoms with Crippen LogP contribution in [0.2, 0.25) is 0 Å². The van der Waals surface area contributed by atoms with Crippen LogP contribution in [0.25, 0.3) is 0 Å². The third-order valence-corrected chi connectivity index (χ3v) is 1.61. The summed E-state index contributed by atoms with van der Waals surface area (Å²) in [6.45, 7) is 0. The highest BCUT2D eigenvalue weighted by atomic mass is 35.5. The molecular formula is C9H13ClN4O2. The number of nitrogens with two attached hydrogens (primary N) is 2. The summed E-state index contributed by atoms with van der Waals surface area (Å²) in [5, 5.41) is 16.5. The van der Waals surface area contributed by atoms with Crippen LogP contribution in [0, 0.1) is 0 Å². The minimum absolute atomic E-state index is 0. The predicted molar refractivity (Wildman–Crippen MR) is 65.3 cm³/mol. The van der Waals surface area contributed by atoms with Gasteiger partial charge < -0.3 is 21.3 Å². The average Bonchev–Trinajstić information content (AvgIpc) is 2.20. The number of halogens is 1. The molecule has 0 fully saturated rings. The Bertz CT molecular complexity index is 402. The molecule has 0 aliphatic rings. The Morgan fingerprint density at radius 1 is 1.44 bits per heavy atom. The maximum absolute atomic E-state index is 9.51. The van der Waals surface area contributed by atoms with Gasteiger partial charge in [0.2, 0.25) is 5.96 Å². The van der Waals surface area contributed by atoms with Crippen molar-refractivity contribution in [2.45, 2.75) is 0 Å². The maximum atomic E-state index is 9.51. The van der Waals surface area contributed by atoms with E-state index >= 15 is 0 Å². The topological polar surface area (TPSA) is 106 Å². The summed E-state index contributed by atoms with van der Waals surface area (Å²) in [6, 6.07) is 4.80. The SMILES string of the molecule is COc1ccc(/C=N/N=C(N)N)c(O)c1.Cl. The highest BCUT2D eigenvalue weighted by Gasteiger charge is 1.99. The molecule has 0 aromatic heterocycles. The molecule has 16 heavy (non-hydrogen) atoms. The van der Waals surface area contributed by atoms with Gasteiger partial charge >= 0.3 is 0 Å². The van der Waals surface area contributed by atoms with E-state index in [1.165, 1.54) is 19.4 Å². The zero-order chi connectivity index (χ0) is 11.3. The number of hydrogen-bond acceptors (Lipinski definition) is 4. The molecule has 0 spiro atoms. The summed E-state index contributed by atoms with van der Waals surface area (Å²) < 4.78 is 4.92. The summed E-state index contributed by atoms with van der Waals surface area (Å²) in [7, 11) is 1.52. The molecule has 7 heteroatoms. The average molecular weight is 245 g/mol. The smallest absolute Gasteiger partial charge is 0.211 e. The van der Waals surface area contributed by atoms with Gasteiger partial charge in [-0.25, -0.2) is 0 Å². The van der Waals surface area contributed by atoms with Crippen molar-refractivity contribution in [2.24, 2.45) is 21.7 Å². The van der Waals surface area contributed by atoms with E-state index in [4.69, 9.17) is 16.2 Å². The molecule has 0 aliphatic carbocycles. The van der Waals surface area contributed by atoms with Gasteiger partial charge in [-0.15, -0.1) is 17.5 Å². The zero-order valence-electron chi connectivity index (χ0n) is 8.62. The second-order valence-corrected chi connectivity index (χ2v) is 2.69. The van der Waals surface area contributed by atoms with Crippen molar-refractivity contribution in [1.82, 2.24) is 0 Å². The van der Waals surface area contributed by atoms with Gasteiger partial charge in [0.1, 0.15) is 11.5 Å². The first kappa shape index (κ1) is 14.1. The Hall–Kier alpha value is -1.95. The summed E-state index contributed by atoms with van der Waals surface area (Å²) in [4.78, 5) is 0. The molecule has 0 saturated carbocycles. The molecule has 0 radical (unpaired) electrons. The number of rotatable bonds is 3. The standard InChI is InChI=1S/C9H12N4O2.ClH/c1-15-7-3-2-6(8(14)4-7)5-12-13-9(10)11;/h2-5,14H,1H3,(H4,10,11,13);1H/b12-5+;. The fraction of sp³-hybridized carbons (Fsp3) is 0.111. The fourth-order valence-corrected chi connectivity index (χ4v) is 0.917. The lowest BCUT2D eigenvalue weighted by Gasteiger charge is -2.01. The molecule has 0 amide bonds. The molecule has 0 heterocycles. The molecule has 5 N–H and O–H groups in total. The first-order chi connectivity index (χ1) is 7.13. The van der Waals surface area contributed by atoms with Crippen molar-refractivity contribution in [3.63, 3.8) is 0 Å². The molecule has 0 atom stereocenters. The van der Waals surface area contributed by atoms with Crippen molar-refractivity contribution in [1.29, 1.82) is 0 Å². The van der Waals surface area contributed by atoms with Gasteiger partial charge in [-0.3, -0.25) is 0 Å². The van der Waals surface area contributed by atoms with E-state index in [0.29, 0.717) is 11.3 Å². The Balaban J connectivity index is 0.00000225. The summed E-state index contributed by atoms with van der Waals surface area (Å²) in [6.07, 6.45) is 1.34. The van der Waals surface area contributed by atoms with Gasteiger partial charge in [0.05, 0.1) is 13.3 Å². The number of phenolic OH excluding ortho intramolecular Hbond substituents is 1. The summed E-state index contributed by atoms with van der Waals surface area (Å²) >= 11 is 0. The van der Waals surface area contributed by atoms with Crippen molar-refractivity contribution in [3.05, 3.63) is 23.8 Å². The van der Waals surface area contributed by atoms with Crippen LogP contribution in [0.5, 0.6) is 11.5 Å². The molecule has 1 rings (SSSR count). The van der Waals surface area contributed by atoms with Gasteiger partial charge in [-0.2, -0.15) is 5.10 Å². The number of aromatic hydroxyl groups is 1. The normalized spacial score (nSPS) is 9.56. The van der Waals surface area contributed by atoms with Crippen LogP contribution in [0.4, 0.5) is 0 Å². The van der Waals surface area contributed by atoms with Crippen LogP contribution in [-0.4, -0.2) is 24.4 Å². The zero-order valence-corrected chi connectivity index (χ0v) is 9.44. The lowest BCUT2D eigenvalue weighted by Crippen LogP contribution is -2.21. The lowest BCUT2D eigenvalue weighted by molar-refractivity contribution is 0.407. The van der Waals surface area contributed by atoms with Crippen molar-refractivity contribution in [3.8, 4) is 11.5 Å². The van der Waals surface area contributed by atoms with Gasteiger partial charge in [0.25, 0.3) is 0 Å². The molecular weight excluding hydrogens is 232 g/mol. The molecule has 0 aliphatic heterocycles. The third-order valence-electron chi connectivity index (χ3n) is 1.61. The second-order valence-electron chi connectivity index (χ2n) is 2.69. The van der Waals surface area contributed by atoms with Crippen molar-refractivity contribution < 1.29 is 9.84 Å². The number of ether oxygens (including phenoxy) is 1. The third kappa shape index (κ3) is 4.05. The van der Waals surface area contributed by atoms with Crippen LogP contribution in [-0.2, 0) is 0 Å². The molecule has 0 bridgehead atoms. The summed E-state index contributed by atoms with van der Waals surface area (Å²) in [5.74, 6) is 0.467. The van der Waals surface area contributed by atoms with Crippen LogP contribution in [0.3, 0.4) is 0 Å². The first-order valence-electron chi connectivity index (χ1n) is 4.12. The Morgan fingerprint density at radius 2 is 2.12 bits per heavy atom. The number of nitrogens with zero attached hydrogens (tertiary/aromatic N) is 2. The van der Waals surface area contributed by atoms with Crippen molar-refractivity contribution >= 4 is 24.6 Å². The van der Waals surface area contributed by atoms with Gasteiger partial charge in [0, 0.05) is 11.6 Å². The van der Waals surface area contributed by atoms with Crippen LogP contribution >= 0.6 is 12.4 Å². The number of phenols is 1. The second kappa shape index (κ2) is 6.52. The summed E-state index contributed by atoms with van der Waals surface area (Å²) in [5.41, 5.74) is 10.6.